The Bertz CT molecular complexity index is 2190. The van der Waals surface area contributed by atoms with Crippen molar-refractivity contribution in [3.8, 4) is 11.3 Å². The van der Waals surface area contributed by atoms with Gasteiger partial charge in [-0.15, -0.1) is 22.7 Å². The fourth-order valence-electron chi connectivity index (χ4n) is 6.31. The third kappa shape index (κ3) is 3.52. The number of rotatable bonds is 3. The van der Waals surface area contributed by atoms with Crippen LogP contribution in [0.3, 0.4) is 0 Å². The van der Waals surface area contributed by atoms with Crippen LogP contribution < -0.4 is 19.9 Å². The van der Waals surface area contributed by atoms with Crippen molar-refractivity contribution in [2.75, 3.05) is 4.90 Å². The molecule has 0 spiro atoms. The van der Waals surface area contributed by atoms with E-state index in [0.717, 1.165) is 22.2 Å². The van der Waals surface area contributed by atoms with E-state index in [1.807, 2.05) is 22.7 Å². The minimum Gasteiger partial charge on any atom is -0.277 e. The van der Waals surface area contributed by atoms with E-state index < -0.39 is 0 Å². The molecule has 8 aromatic rings. The number of aromatic nitrogens is 2. The lowest BCUT2D eigenvalue weighted by Crippen LogP contribution is -2.54. The van der Waals surface area contributed by atoms with E-state index in [1.165, 1.54) is 46.6 Å². The van der Waals surface area contributed by atoms with Crippen LogP contribution in [0.2, 0.25) is 0 Å². The van der Waals surface area contributed by atoms with Gasteiger partial charge in [-0.25, -0.2) is 9.97 Å². The molecule has 0 aliphatic carbocycles. The van der Waals surface area contributed by atoms with Crippen LogP contribution in [0.15, 0.2) is 133 Å². The van der Waals surface area contributed by atoms with Crippen LogP contribution in [0.1, 0.15) is 0 Å². The van der Waals surface area contributed by atoms with Gasteiger partial charge in [0.05, 0.1) is 22.6 Å². The van der Waals surface area contributed by atoms with Gasteiger partial charge in [0.1, 0.15) is 0 Å². The van der Waals surface area contributed by atoms with Crippen LogP contribution in [-0.4, -0.2) is 16.7 Å². The minimum absolute atomic E-state index is 0.135. The highest BCUT2D eigenvalue weighted by atomic mass is 32.1. The van der Waals surface area contributed by atoms with Crippen molar-refractivity contribution >= 4 is 92.8 Å². The maximum absolute atomic E-state index is 5.39. The van der Waals surface area contributed by atoms with Gasteiger partial charge >= 0.3 is 0 Å². The Hall–Kier alpha value is -4.78. The first-order valence-corrected chi connectivity index (χ1v) is 15.7. The molecule has 0 saturated carbocycles. The molecule has 0 saturated heterocycles. The van der Waals surface area contributed by atoms with Gasteiger partial charge < -0.3 is 0 Å². The van der Waals surface area contributed by atoms with Crippen LogP contribution in [0, 0.1) is 0 Å². The second-order valence-corrected chi connectivity index (χ2v) is 12.7. The molecule has 5 aromatic carbocycles. The number of nitrogens with zero attached hydrogens (tertiary/aromatic N) is 3. The summed E-state index contributed by atoms with van der Waals surface area (Å²) in [5, 5.41) is 3.52. The van der Waals surface area contributed by atoms with E-state index in [1.54, 1.807) is 0 Å². The van der Waals surface area contributed by atoms with Crippen LogP contribution in [-0.2, 0) is 0 Å². The summed E-state index contributed by atoms with van der Waals surface area (Å²) in [5.41, 5.74) is 6.66. The molecular formula is C36H22BN3S2. The van der Waals surface area contributed by atoms with Gasteiger partial charge in [0.15, 0.2) is 0 Å². The highest BCUT2D eigenvalue weighted by Crippen LogP contribution is 2.47. The summed E-state index contributed by atoms with van der Waals surface area (Å²) in [7, 11) is 0. The van der Waals surface area contributed by atoms with Crippen molar-refractivity contribution in [2.24, 2.45) is 0 Å². The smallest absolute Gasteiger partial charge is 0.272 e. The first-order valence-electron chi connectivity index (χ1n) is 14.1. The third-order valence-corrected chi connectivity index (χ3v) is 10.6. The lowest BCUT2D eigenvalue weighted by Gasteiger charge is -2.32. The van der Waals surface area contributed by atoms with Crippen molar-refractivity contribution in [3.63, 3.8) is 0 Å². The summed E-state index contributed by atoms with van der Waals surface area (Å²) in [6, 6.07) is 47.3. The van der Waals surface area contributed by atoms with Gasteiger partial charge in [0.25, 0.3) is 6.71 Å². The zero-order chi connectivity index (χ0) is 27.6. The fourth-order valence-corrected chi connectivity index (χ4v) is 9.04. The largest absolute Gasteiger partial charge is 0.277 e. The van der Waals surface area contributed by atoms with E-state index in [0.29, 0.717) is 5.95 Å². The highest BCUT2D eigenvalue weighted by molar-refractivity contribution is 7.40. The minimum atomic E-state index is 0.135. The van der Waals surface area contributed by atoms with Gasteiger partial charge in [-0.1, -0.05) is 121 Å². The first-order chi connectivity index (χ1) is 20.8. The van der Waals surface area contributed by atoms with Gasteiger partial charge in [-0.3, -0.25) is 4.90 Å². The molecule has 6 heteroatoms. The topological polar surface area (TPSA) is 29.0 Å². The molecule has 3 nitrogen and oxygen atoms in total. The number of thiophene rings is 2. The number of anilines is 3. The van der Waals surface area contributed by atoms with Crippen LogP contribution in [0.25, 0.3) is 42.3 Å². The Labute approximate surface area is 251 Å². The first kappa shape index (κ1) is 23.9. The molecule has 0 radical (unpaired) electrons. The van der Waals surface area contributed by atoms with Crippen LogP contribution >= 0.6 is 22.7 Å². The summed E-state index contributed by atoms with van der Waals surface area (Å²) < 4.78 is 5.22. The van der Waals surface area contributed by atoms with Crippen molar-refractivity contribution in [3.05, 3.63) is 133 Å². The van der Waals surface area contributed by atoms with Crippen molar-refractivity contribution in [2.45, 2.75) is 0 Å². The molecule has 4 heterocycles. The molecule has 0 N–H and O–H groups in total. The van der Waals surface area contributed by atoms with Crippen LogP contribution in [0.4, 0.5) is 17.3 Å². The van der Waals surface area contributed by atoms with Crippen LogP contribution in [0.5, 0.6) is 0 Å². The van der Waals surface area contributed by atoms with E-state index in [-0.39, 0.29) is 6.71 Å². The maximum atomic E-state index is 5.39. The zero-order valence-electron chi connectivity index (χ0n) is 22.4. The number of benzene rings is 5. The summed E-state index contributed by atoms with van der Waals surface area (Å²) in [6.07, 6.45) is 0. The normalized spacial score (nSPS) is 12.7. The summed E-state index contributed by atoms with van der Waals surface area (Å²) in [5.74, 6) is 0.702. The zero-order valence-corrected chi connectivity index (χ0v) is 24.1. The van der Waals surface area contributed by atoms with Gasteiger partial charge in [-0.2, -0.15) is 0 Å². The average molecular weight is 572 g/mol. The Morgan fingerprint density at radius 2 is 1.02 bits per heavy atom. The van der Waals surface area contributed by atoms with E-state index in [4.69, 9.17) is 9.97 Å². The predicted molar refractivity (Wildman–Crippen MR) is 182 cm³/mol. The second-order valence-electron chi connectivity index (χ2n) is 10.6. The maximum Gasteiger partial charge on any atom is 0.272 e. The summed E-state index contributed by atoms with van der Waals surface area (Å²) in [4.78, 5) is 13.0. The molecule has 3 aromatic heterocycles. The lowest BCUT2D eigenvalue weighted by atomic mass is 9.41. The van der Waals surface area contributed by atoms with E-state index in [9.17, 15) is 0 Å². The Morgan fingerprint density at radius 1 is 0.500 bits per heavy atom. The molecule has 0 unspecified atom stereocenters. The molecule has 0 atom stereocenters. The third-order valence-electron chi connectivity index (χ3n) is 8.13. The standard InChI is InChI=1S/C36H22BN3S2/c1-3-13-23(14-4-1)31-25-17-7-10-20-28(25)38-36(39-31)40-32-26-18-8-11-21-29(26)41-34(32)37(24-15-5-2-6-16-24)35-33(40)27-19-9-12-22-30(27)42-35/h1-22H. The van der Waals surface area contributed by atoms with Gasteiger partial charge in [0, 0.05) is 40.7 Å². The second kappa shape index (κ2) is 9.38. The Kier molecular flexibility index (Phi) is 5.33. The Morgan fingerprint density at radius 3 is 1.67 bits per heavy atom. The molecule has 0 bridgehead atoms. The Balaban J connectivity index is 1.42. The van der Waals surface area contributed by atoms with Crippen molar-refractivity contribution in [1.82, 2.24) is 9.97 Å². The molecule has 1 aliphatic heterocycles. The number of hydrogen-bond acceptors (Lipinski definition) is 5. The number of hydrogen-bond donors (Lipinski definition) is 0. The average Bonchev–Trinajstić information content (AvgIpc) is 3.63. The summed E-state index contributed by atoms with van der Waals surface area (Å²) in [6.45, 7) is 0.135. The monoisotopic (exact) mass is 571 g/mol. The SMILES string of the molecule is c1ccc(B2c3sc4ccccc4c3N(c3nc(-c4ccccc4)c4ccccc4n3)c3c2sc2ccccc32)cc1. The van der Waals surface area contributed by atoms with Gasteiger partial charge in [0.2, 0.25) is 5.95 Å². The summed E-state index contributed by atoms with van der Waals surface area (Å²) >= 11 is 3.78. The van der Waals surface area contributed by atoms with Gasteiger partial charge in [-0.05, 0) is 18.2 Å². The molecule has 1 aliphatic rings. The fraction of sp³-hybridized carbons (Fsp3) is 0. The molecule has 0 fully saturated rings. The quantitative estimate of drug-likeness (QED) is 0.201. The number of para-hydroxylation sites is 1. The molecular weight excluding hydrogens is 549 g/mol. The number of fused-ring (bicyclic) bond motifs is 7. The molecule has 196 valence electrons. The van der Waals surface area contributed by atoms with Crippen molar-refractivity contribution in [1.29, 1.82) is 0 Å². The lowest BCUT2D eigenvalue weighted by molar-refractivity contribution is 1.13. The van der Waals surface area contributed by atoms with Crippen molar-refractivity contribution < 1.29 is 0 Å². The molecule has 9 rings (SSSR count). The van der Waals surface area contributed by atoms with E-state index in [2.05, 4.69) is 138 Å². The van der Waals surface area contributed by atoms with E-state index >= 15 is 0 Å². The highest BCUT2D eigenvalue weighted by Gasteiger charge is 2.41. The predicted octanol–water partition coefficient (Wildman–Crippen LogP) is 8.03. The molecule has 0 amide bonds. The molecule has 42 heavy (non-hydrogen) atoms.